The van der Waals surface area contributed by atoms with Gasteiger partial charge in [0.15, 0.2) is 6.61 Å². The van der Waals surface area contributed by atoms with E-state index in [0.29, 0.717) is 6.42 Å². The first-order chi connectivity index (χ1) is 10.1. The van der Waals surface area contributed by atoms with Crippen LogP contribution in [0.3, 0.4) is 0 Å². The summed E-state index contributed by atoms with van der Waals surface area (Å²) < 4.78 is 42.2. The lowest BCUT2D eigenvalue weighted by atomic mass is 9.92. The van der Waals surface area contributed by atoms with Crippen molar-refractivity contribution >= 4 is 6.09 Å². The summed E-state index contributed by atoms with van der Waals surface area (Å²) in [5.41, 5.74) is 1.68. The zero-order valence-corrected chi connectivity index (χ0v) is 12.8. The van der Waals surface area contributed by atoms with E-state index in [1.165, 1.54) is 0 Å². The molecule has 124 valence electrons. The van der Waals surface area contributed by atoms with Gasteiger partial charge in [0.1, 0.15) is 0 Å². The molecule has 1 atom stereocenters. The maximum atomic E-state index is 12.0. The van der Waals surface area contributed by atoms with Gasteiger partial charge in [0.2, 0.25) is 0 Å². The molecule has 0 aliphatic heterocycles. The Labute approximate surface area is 126 Å². The molecule has 1 N–H and O–H groups in total. The quantitative estimate of drug-likeness (QED) is 0.910. The van der Waals surface area contributed by atoms with Gasteiger partial charge in [-0.2, -0.15) is 18.3 Å². The first-order valence-electron chi connectivity index (χ1n) is 7.15. The number of ether oxygens (including phenoxy) is 1. The fourth-order valence-corrected chi connectivity index (χ4v) is 2.62. The zero-order valence-electron chi connectivity index (χ0n) is 12.8. The van der Waals surface area contributed by atoms with Crippen LogP contribution in [-0.4, -0.2) is 28.7 Å². The van der Waals surface area contributed by atoms with Crippen molar-refractivity contribution in [1.82, 2.24) is 15.1 Å². The Balaban J connectivity index is 2.07. The second-order valence-corrected chi connectivity index (χ2v) is 6.41. The lowest BCUT2D eigenvalue weighted by Gasteiger charge is -2.28. The number of nitrogens with one attached hydrogen (secondary N) is 1. The van der Waals surface area contributed by atoms with Crippen molar-refractivity contribution in [1.29, 1.82) is 0 Å². The van der Waals surface area contributed by atoms with Crippen LogP contribution in [0.5, 0.6) is 0 Å². The van der Waals surface area contributed by atoms with Crippen LogP contribution in [0, 0.1) is 0 Å². The van der Waals surface area contributed by atoms with E-state index in [4.69, 9.17) is 0 Å². The molecule has 1 aromatic rings. The summed E-state index contributed by atoms with van der Waals surface area (Å²) in [6.07, 6.45) is -1.58. The Kier molecular flexibility index (Phi) is 4.39. The first-order valence-corrected chi connectivity index (χ1v) is 7.15. The van der Waals surface area contributed by atoms with Gasteiger partial charge in [-0.3, -0.25) is 4.68 Å². The number of hydrogen-bond acceptors (Lipinski definition) is 3. The molecule has 5 nitrogen and oxygen atoms in total. The van der Waals surface area contributed by atoms with Gasteiger partial charge < -0.3 is 10.1 Å². The van der Waals surface area contributed by atoms with Gasteiger partial charge in [-0.15, -0.1) is 0 Å². The minimum Gasteiger partial charge on any atom is -0.440 e. The molecule has 0 saturated carbocycles. The van der Waals surface area contributed by atoms with Crippen LogP contribution >= 0.6 is 0 Å². The number of amides is 1. The van der Waals surface area contributed by atoms with Crippen LogP contribution in [0.2, 0.25) is 0 Å². The number of rotatable bonds is 2. The first kappa shape index (κ1) is 16.6. The Hall–Kier alpha value is -1.73. The number of halogens is 3. The predicted octanol–water partition coefficient (Wildman–Crippen LogP) is 3.30. The predicted molar refractivity (Wildman–Crippen MR) is 73.4 cm³/mol. The van der Waals surface area contributed by atoms with E-state index in [0.717, 1.165) is 24.1 Å². The number of alkyl halides is 3. The van der Waals surface area contributed by atoms with Crippen molar-refractivity contribution in [2.24, 2.45) is 0 Å². The van der Waals surface area contributed by atoms with Crippen LogP contribution in [-0.2, 0) is 16.7 Å². The Morgan fingerprint density at radius 3 is 2.73 bits per heavy atom. The highest BCUT2D eigenvalue weighted by atomic mass is 19.4. The third-order valence-corrected chi connectivity index (χ3v) is 3.48. The van der Waals surface area contributed by atoms with E-state index in [1.54, 1.807) is 6.20 Å². The highest BCUT2D eigenvalue weighted by Gasteiger charge is 2.32. The Morgan fingerprint density at radius 1 is 1.45 bits per heavy atom. The van der Waals surface area contributed by atoms with Gasteiger partial charge in [-0.05, 0) is 40.0 Å². The van der Waals surface area contributed by atoms with Crippen molar-refractivity contribution in [3.05, 3.63) is 17.5 Å². The molecule has 0 aromatic carbocycles. The number of alkyl carbamates (subject to hydrolysis) is 1. The molecule has 0 bridgehead atoms. The molecule has 1 heterocycles. The summed E-state index contributed by atoms with van der Waals surface area (Å²) in [6.45, 7) is 4.48. The number of carbonyl (C=O) groups excluding carboxylic acids is 1. The third-order valence-electron chi connectivity index (χ3n) is 3.48. The normalized spacial score (nSPS) is 18.7. The number of fused-ring (bicyclic) bond motifs is 1. The molecule has 2 rings (SSSR count). The summed E-state index contributed by atoms with van der Waals surface area (Å²) in [4.78, 5) is 11.5. The van der Waals surface area contributed by atoms with E-state index in [-0.39, 0.29) is 11.6 Å². The molecular formula is C14H20F3N3O2. The van der Waals surface area contributed by atoms with Crippen LogP contribution in [0.15, 0.2) is 6.20 Å². The Morgan fingerprint density at radius 2 is 2.14 bits per heavy atom. The van der Waals surface area contributed by atoms with Gasteiger partial charge in [0.25, 0.3) is 0 Å². The zero-order chi connectivity index (χ0) is 16.5. The van der Waals surface area contributed by atoms with E-state index in [9.17, 15) is 18.0 Å². The van der Waals surface area contributed by atoms with Crippen LogP contribution in [0.4, 0.5) is 18.0 Å². The van der Waals surface area contributed by atoms with E-state index >= 15 is 0 Å². The van der Waals surface area contributed by atoms with Gasteiger partial charge in [0.05, 0.1) is 17.8 Å². The average molecular weight is 319 g/mol. The third kappa shape index (κ3) is 3.92. The standard InChI is InChI=1S/C14H20F3N3O2/c1-13(2,3)20-11-6-4-5-10(9(11)7-18-20)19-12(21)22-8-14(15,16)17/h7,10H,4-6,8H2,1-3H3,(H,19,21). The summed E-state index contributed by atoms with van der Waals surface area (Å²) >= 11 is 0. The van der Waals surface area contributed by atoms with Crippen molar-refractivity contribution in [2.45, 2.75) is 57.8 Å². The molecule has 1 unspecified atom stereocenters. The molecule has 0 fully saturated rings. The smallest absolute Gasteiger partial charge is 0.422 e. The fraction of sp³-hybridized carbons (Fsp3) is 0.714. The van der Waals surface area contributed by atoms with Crippen molar-refractivity contribution in [2.75, 3.05) is 6.61 Å². The average Bonchev–Trinajstić information content (AvgIpc) is 2.80. The van der Waals surface area contributed by atoms with Crippen LogP contribution in [0.1, 0.15) is 50.9 Å². The topological polar surface area (TPSA) is 56.2 Å². The molecule has 1 aromatic heterocycles. The fourth-order valence-electron chi connectivity index (χ4n) is 2.62. The van der Waals surface area contributed by atoms with E-state index < -0.39 is 18.9 Å². The minimum absolute atomic E-state index is 0.188. The number of aromatic nitrogens is 2. The summed E-state index contributed by atoms with van der Waals surface area (Å²) in [7, 11) is 0. The van der Waals surface area contributed by atoms with E-state index in [2.05, 4.69) is 15.2 Å². The number of carbonyl (C=O) groups is 1. The van der Waals surface area contributed by atoms with Crippen molar-refractivity contribution in [3.63, 3.8) is 0 Å². The molecule has 1 aliphatic carbocycles. The molecular weight excluding hydrogens is 299 g/mol. The largest absolute Gasteiger partial charge is 0.440 e. The maximum absolute atomic E-state index is 12.0. The summed E-state index contributed by atoms with van der Waals surface area (Å²) in [5.74, 6) is 0. The van der Waals surface area contributed by atoms with Crippen LogP contribution < -0.4 is 5.32 Å². The second kappa shape index (κ2) is 5.81. The highest BCUT2D eigenvalue weighted by Crippen LogP contribution is 2.32. The molecule has 8 heteroatoms. The molecule has 1 amide bonds. The van der Waals surface area contributed by atoms with Crippen LogP contribution in [0.25, 0.3) is 0 Å². The van der Waals surface area contributed by atoms with Gasteiger partial charge in [-0.25, -0.2) is 4.79 Å². The monoisotopic (exact) mass is 319 g/mol. The minimum atomic E-state index is -4.52. The Bertz CT molecular complexity index is 547. The lowest BCUT2D eigenvalue weighted by molar-refractivity contribution is -0.160. The van der Waals surface area contributed by atoms with Gasteiger partial charge >= 0.3 is 12.3 Å². The summed E-state index contributed by atoms with van der Waals surface area (Å²) in [6, 6.07) is -0.361. The molecule has 0 saturated heterocycles. The highest BCUT2D eigenvalue weighted by molar-refractivity contribution is 5.68. The SMILES string of the molecule is CC(C)(C)n1ncc2c1CCCC2NC(=O)OCC(F)(F)F. The number of nitrogens with zero attached hydrogens (tertiary/aromatic N) is 2. The lowest BCUT2D eigenvalue weighted by Crippen LogP contribution is -2.34. The molecule has 0 radical (unpaired) electrons. The van der Waals surface area contributed by atoms with Gasteiger partial charge in [-0.1, -0.05) is 0 Å². The number of hydrogen-bond donors (Lipinski definition) is 1. The van der Waals surface area contributed by atoms with Crippen molar-refractivity contribution in [3.8, 4) is 0 Å². The van der Waals surface area contributed by atoms with Crippen molar-refractivity contribution < 1.29 is 22.7 Å². The summed E-state index contributed by atoms with van der Waals surface area (Å²) in [5, 5.41) is 6.85. The van der Waals surface area contributed by atoms with Gasteiger partial charge in [0, 0.05) is 11.3 Å². The molecule has 1 aliphatic rings. The molecule has 22 heavy (non-hydrogen) atoms. The second-order valence-electron chi connectivity index (χ2n) is 6.41. The van der Waals surface area contributed by atoms with E-state index in [1.807, 2.05) is 25.5 Å². The molecule has 0 spiro atoms. The maximum Gasteiger partial charge on any atom is 0.422 e.